The van der Waals surface area contributed by atoms with Crippen molar-refractivity contribution >= 4 is 33.6 Å². The summed E-state index contributed by atoms with van der Waals surface area (Å²) in [5, 5.41) is 23.2. The number of nitrogens with zero attached hydrogens (tertiary/aromatic N) is 1. The fraction of sp³-hybridized carbons (Fsp3) is 0.357. The van der Waals surface area contributed by atoms with Gasteiger partial charge in [0.15, 0.2) is 0 Å². The third kappa shape index (κ3) is 4.46. The lowest BCUT2D eigenvalue weighted by Crippen LogP contribution is -2.42. The van der Waals surface area contributed by atoms with E-state index in [1.807, 2.05) is 6.07 Å². The van der Waals surface area contributed by atoms with E-state index < -0.39 is 17.4 Å². The van der Waals surface area contributed by atoms with Crippen molar-refractivity contribution in [1.29, 1.82) is 5.26 Å². The molecule has 1 aromatic rings. The summed E-state index contributed by atoms with van der Waals surface area (Å²) in [6.07, 6.45) is 0.393. The van der Waals surface area contributed by atoms with Crippen molar-refractivity contribution in [3.8, 4) is 6.07 Å². The summed E-state index contributed by atoms with van der Waals surface area (Å²) in [5.41, 5.74) is -0.336. The van der Waals surface area contributed by atoms with Crippen molar-refractivity contribution < 1.29 is 14.7 Å². The van der Waals surface area contributed by atoms with E-state index in [2.05, 4.69) is 26.6 Å². The number of nitriles is 1. The van der Waals surface area contributed by atoms with Crippen LogP contribution in [0, 0.1) is 16.7 Å². The van der Waals surface area contributed by atoms with Crippen molar-refractivity contribution in [1.82, 2.24) is 5.32 Å². The topological polar surface area (TPSA) is 102 Å². The first-order chi connectivity index (χ1) is 9.82. The van der Waals surface area contributed by atoms with Gasteiger partial charge in [0.05, 0.1) is 16.7 Å². The average Bonchev–Trinajstić information content (AvgIpc) is 2.46. The second kappa shape index (κ2) is 7.09. The number of carboxylic acid groups (broad SMARTS) is 1. The highest BCUT2D eigenvalue weighted by Gasteiger charge is 2.31. The molecule has 112 valence electrons. The Bertz CT molecular complexity index is 598. The van der Waals surface area contributed by atoms with Crippen LogP contribution in [0.4, 0.5) is 10.5 Å². The van der Waals surface area contributed by atoms with Crippen LogP contribution in [-0.4, -0.2) is 23.7 Å². The van der Waals surface area contributed by atoms with Gasteiger partial charge in [-0.05, 0) is 31.5 Å². The zero-order chi connectivity index (χ0) is 16.0. The summed E-state index contributed by atoms with van der Waals surface area (Å²) in [6.45, 7) is 3.31. The molecule has 1 unspecified atom stereocenters. The van der Waals surface area contributed by atoms with Gasteiger partial charge in [-0.3, -0.25) is 4.79 Å². The minimum absolute atomic E-state index is 0.00306. The Labute approximate surface area is 131 Å². The van der Waals surface area contributed by atoms with Crippen molar-refractivity contribution in [2.24, 2.45) is 5.41 Å². The fourth-order valence-corrected chi connectivity index (χ4v) is 1.87. The number of rotatable bonds is 5. The van der Waals surface area contributed by atoms with Crippen LogP contribution in [0.3, 0.4) is 0 Å². The predicted octanol–water partition coefficient (Wildman–Crippen LogP) is 2.94. The maximum absolute atomic E-state index is 11.8. The van der Waals surface area contributed by atoms with Crippen LogP contribution in [-0.2, 0) is 4.79 Å². The zero-order valence-corrected chi connectivity index (χ0v) is 13.3. The molecule has 0 radical (unpaired) electrons. The molecule has 3 N–H and O–H groups in total. The summed E-state index contributed by atoms with van der Waals surface area (Å²) >= 11 is 3.24. The maximum Gasteiger partial charge on any atom is 0.319 e. The summed E-state index contributed by atoms with van der Waals surface area (Å²) < 4.78 is 0.731. The quantitative estimate of drug-likeness (QED) is 0.756. The molecule has 1 aromatic carbocycles. The number of aliphatic carboxylic acids is 1. The molecule has 1 rings (SSSR count). The molecule has 0 saturated heterocycles. The summed E-state index contributed by atoms with van der Waals surface area (Å²) in [7, 11) is 0. The van der Waals surface area contributed by atoms with Crippen LogP contribution in [0.1, 0.15) is 25.8 Å². The molecule has 0 heterocycles. The van der Waals surface area contributed by atoms with Gasteiger partial charge in [-0.15, -0.1) is 0 Å². The molecule has 0 saturated carbocycles. The van der Waals surface area contributed by atoms with E-state index >= 15 is 0 Å². The maximum atomic E-state index is 11.8. The van der Waals surface area contributed by atoms with E-state index in [0.29, 0.717) is 17.7 Å². The van der Waals surface area contributed by atoms with Gasteiger partial charge in [-0.1, -0.05) is 22.9 Å². The van der Waals surface area contributed by atoms with Crippen LogP contribution >= 0.6 is 15.9 Å². The second-order valence-corrected chi connectivity index (χ2v) is 5.74. The molecule has 1 atom stereocenters. The van der Waals surface area contributed by atoms with Crippen molar-refractivity contribution in [3.63, 3.8) is 0 Å². The highest BCUT2D eigenvalue weighted by Crippen LogP contribution is 2.21. The first kappa shape index (κ1) is 17.0. The molecule has 2 amide bonds. The van der Waals surface area contributed by atoms with Crippen LogP contribution in [0.15, 0.2) is 22.7 Å². The molecule has 6 nitrogen and oxygen atoms in total. The van der Waals surface area contributed by atoms with Gasteiger partial charge in [-0.2, -0.15) is 5.26 Å². The van der Waals surface area contributed by atoms with Crippen molar-refractivity contribution in [2.75, 3.05) is 11.9 Å². The lowest BCUT2D eigenvalue weighted by atomic mass is 9.88. The number of amides is 2. The smallest absolute Gasteiger partial charge is 0.319 e. The number of hydrogen-bond donors (Lipinski definition) is 3. The molecule has 0 fully saturated rings. The third-order valence-corrected chi connectivity index (χ3v) is 3.78. The van der Waals surface area contributed by atoms with Crippen LogP contribution in [0.25, 0.3) is 0 Å². The van der Waals surface area contributed by atoms with E-state index in [1.165, 1.54) is 0 Å². The van der Waals surface area contributed by atoms with Gasteiger partial charge in [0.1, 0.15) is 6.07 Å². The van der Waals surface area contributed by atoms with Crippen LogP contribution in [0.2, 0.25) is 0 Å². The molecule has 0 bridgehead atoms. The molecule has 0 aliphatic heterocycles. The Morgan fingerprint density at radius 2 is 2.14 bits per heavy atom. The number of urea groups is 1. The van der Waals surface area contributed by atoms with E-state index in [9.17, 15) is 9.59 Å². The third-order valence-electron chi connectivity index (χ3n) is 3.29. The molecule has 21 heavy (non-hydrogen) atoms. The molecule has 0 aliphatic rings. The normalized spacial score (nSPS) is 12.9. The number of carbonyl (C=O) groups is 2. The zero-order valence-electron chi connectivity index (χ0n) is 11.7. The van der Waals surface area contributed by atoms with Crippen LogP contribution in [0.5, 0.6) is 0 Å². The molecule has 0 aromatic heterocycles. The van der Waals surface area contributed by atoms with Crippen molar-refractivity contribution in [2.45, 2.75) is 20.3 Å². The number of benzene rings is 1. The van der Waals surface area contributed by atoms with E-state index in [-0.39, 0.29) is 6.54 Å². The molecule has 0 aliphatic carbocycles. The summed E-state index contributed by atoms with van der Waals surface area (Å²) in [4.78, 5) is 23.0. The highest BCUT2D eigenvalue weighted by atomic mass is 79.9. The van der Waals surface area contributed by atoms with Gasteiger partial charge in [0.2, 0.25) is 0 Å². The standard InChI is InChI=1S/C14H16BrN3O3/c1-3-14(2,12(19)20)8-17-13(21)18-11-5-4-10(15)6-9(11)7-16/h4-6H,3,8H2,1-2H3,(H,19,20)(H2,17,18,21). The Morgan fingerprint density at radius 3 is 2.67 bits per heavy atom. The highest BCUT2D eigenvalue weighted by molar-refractivity contribution is 9.10. The van der Waals surface area contributed by atoms with Gasteiger partial charge < -0.3 is 15.7 Å². The number of nitrogens with one attached hydrogen (secondary N) is 2. The number of carboxylic acids is 1. The van der Waals surface area contributed by atoms with E-state index in [0.717, 1.165) is 4.47 Å². The number of anilines is 1. The van der Waals surface area contributed by atoms with Gasteiger partial charge in [0.25, 0.3) is 0 Å². The Morgan fingerprint density at radius 1 is 1.48 bits per heavy atom. The number of hydrogen-bond acceptors (Lipinski definition) is 3. The Kier molecular flexibility index (Phi) is 5.73. The second-order valence-electron chi connectivity index (χ2n) is 4.83. The molecular weight excluding hydrogens is 338 g/mol. The minimum atomic E-state index is -1.02. The Balaban J connectivity index is 2.71. The molecular formula is C14H16BrN3O3. The van der Waals surface area contributed by atoms with Crippen molar-refractivity contribution in [3.05, 3.63) is 28.2 Å². The van der Waals surface area contributed by atoms with Crippen LogP contribution < -0.4 is 10.6 Å². The van der Waals surface area contributed by atoms with Gasteiger partial charge >= 0.3 is 12.0 Å². The average molecular weight is 354 g/mol. The molecule has 7 heteroatoms. The fourth-order valence-electron chi connectivity index (χ4n) is 1.51. The molecule has 0 spiro atoms. The monoisotopic (exact) mass is 353 g/mol. The van der Waals surface area contributed by atoms with Gasteiger partial charge in [0, 0.05) is 11.0 Å². The SMILES string of the molecule is CCC(C)(CNC(=O)Nc1ccc(Br)cc1C#N)C(=O)O. The predicted molar refractivity (Wildman–Crippen MR) is 81.9 cm³/mol. The number of halogens is 1. The largest absolute Gasteiger partial charge is 0.481 e. The Hall–Kier alpha value is -2.07. The lowest BCUT2D eigenvalue weighted by molar-refractivity contribution is -0.147. The van der Waals surface area contributed by atoms with Gasteiger partial charge in [-0.25, -0.2) is 4.79 Å². The number of carbonyl (C=O) groups excluding carboxylic acids is 1. The summed E-state index contributed by atoms with van der Waals surface area (Å²) in [5.74, 6) is -0.966. The summed E-state index contributed by atoms with van der Waals surface area (Å²) in [6, 6.07) is 6.31. The van der Waals surface area contributed by atoms with E-state index in [4.69, 9.17) is 10.4 Å². The lowest BCUT2D eigenvalue weighted by Gasteiger charge is -2.23. The first-order valence-corrected chi connectivity index (χ1v) is 7.09. The first-order valence-electron chi connectivity index (χ1n) is 6.30. The minimum Gasteiger partial charge on any atom is -0.481 e. The van der Waals surface area contributed by atoms with E-state index in [1.54, 1.807) is 32.0 Å².